The van der Waals surface area contributed by atoms with Gasteiger partial charge < -0.3 is 4.57 Å². The second kappa shape index (κ2) is 16.2. The van der Waals surface area contributed by atoms with Crippen molar-refractivity contribution in [1.29, 1.82) is 0 Å². The molecule has 0 saturated carbocycles. The van der Waals surface area contributed by atoms with Crippen LogP contribution in [-0.2, 0) is 24.7 Å². The lowest BCUT2D eigenvalue weighted by Gasteiger charge is -2.18. The normalized spacial score (nSPS) is 13.5. The lowest BCUT2D eigenvalue weighted by atomic mass is 9.95. The maximum absolute atomic E-state index is 15.1. The third-order valence-electron chi connectivity index (χ3n) is 12.2. The van der Waals surface area contributed by atoms with Crippen LogP contribution < -0.4 is 4.90 Å². The smallest absolute Gasteiger partial charge is 0.308 e. The van der Waals surface area contributed by atoms with Crippen LogP contribution in [0.4, 0.5) is 58.4 Å². The van der Waals surface area contributed by atoms with Gasteiger partial charge in [0.15, 0.2) is 0 Å². The number of hydrogen-bond acceptors (Lipinski definition) is 2. The molecule has 0 N–H and O–H groups in total. The summed E-state index contributed by atoms with van der Waals surface area (Å²) in [6, 6.07) is 37.4. The molecule has 0 saturated heterocycles. The van der Waals surface area contributed by atoms with E-state index in [0.29, 0.717) is 35.4 Å². The molecule has 0 unspecified atom stereocenters. The molecule has 2 heterocycles. The van der Waals surface area contributed by atoms with E-state index < -0.39 is 69.9 Å². The van der Waals surface area contributed by atoms with E-state index in [-0.39, 0.29) is 67.6 Å². The van der Waals surface area contributed by atoms with Crippen LogP contribution in [0.1, 0.15) is 43.0 Å². The molecule has 8 aromatic carbocycles. The Labute approximate surface area is 388 Å². The number of fused-ring (bicyclic) bond motifs is 4. The third kappa shape index (κ3) is 7.92. The van der Waals surface area contributed by atoms with Crippen LogP contribution >= 0.6 is 0 Å². The lowest BCUT2D eigenvalue weighted by Crippen LogP contribution is -2.29. The molecule has 0 bridgehead atoms. The van der Waals surface area contributed by atoms with Gasteiger partial charge in [0.2, 0.25) is 0 Å². The topological polar surface area (TPSA) is 42.3 Å². The van der Waals surface area contributed by atoms with Gasteiger partial charge in [-0.3, -0.25) is 9.59 Å². The van der Waals surface area contributed by atoms with Crippen molar-refractivity contribution in [2.75, 3.05) is 4.90 Å². The number of aromatic nitrogens is 1. The van der Waals surface area contributed by atoms with Gasteiger partial charge in [0.1, 0.15) is 0 Å². The molecule has 0 fully saturated rings. The number of benzene rings is 8. The van der Waals surface area contributed by atoms with Crippen LogP contribution in [0.25, 0.3) is 72.0 Å². The fourth-order valence-electron chi connectivity index (χ4n) is 9.05. The van der Waals surface area contributed by atoms with E-state index in [2.05, 4.69) is 0 Å². The largest absolute Gasteiger partial charge is 0.417 e. The Balaban J connectivity index is 1.22. The highest BCUT2D eigenvalue weighted by molar-refractivity contribution is 6.36. The van der Waals surface area contributed by atoms with Crippen LogP contribution in [0.3, 0.4) is 0 Å². The summed E-state index contributed by atoms with van der Waals surface area (Å²) in [5.74, 6) is -1.63. The molecule has 16 heteroatoms. The molecule has 70 heavy (non-hydrogen) atoms. The maximum atomic E-state index is 15.1. The van der Waals surface area contributed by atoms with Crippen molar-refractivity contribution < 1.29 is 62.3 Å². The number of carbonyl (C=O) groups excluding carboxylic acids is 2. The first-order chi connectivity index (χ1) is 33.1. The summed E-state index contributed by atoms with van der Waals surface area (Å²) in [5, 5.41) is 0.479. The van der Waals surface area contributed by atoms with Gasteiger partial charge in [-0.2, -0.15) is 52.7 Å². The average molecular weight is 965 g/mol. The molecule has 1 aromatic heterocycles. The zero-order valence-corrected chi connectivity index (χ0v) is 35.4. The predicted molar refractivity (Wildman–Crippen MR) is 240 cm³/mol. The number of carbonyl (C=O) groups is 2. The fourth-order valence-corrected chi connectivity index (χ4v) is 9.05. The number of anilines is 1. The van der Waals surface area contributed by atoms with E-state index in [4.69, 9.17) is 0 Å². The lowest BCUT2D eigenvalue weighted by molar-refractivity contribution is -0.144. The third-order valence-corrected chi connectivity index (χ3v) is 12.2. The van der Waals surface area contributed by atoms with E-state index in [0.717, 1.165) is 16.0 Å². The molecule has 9 aromatic rings. The minimum atomic E-state index is -5.29. The highest BCUT2D eigenvalue weighted by Crippen LogP contribution is 2.47. The van der Waals surface area contributed by atoms with Gasteiger partial charge >= 0.3 is 24.7 Å². The van der Waals surface area contributed by atoms with Crippen LogP contribution in [0.2, 0.25) is 0 Å². The summed E-state index contributed by atoms with van der Waals surface area (Å²) in [6.07, 6.45) is -20.9. The second-order valence-corrected chi connectivity index (χ2v) is 16.5. The first-order valence-corrected chi connectivity index (χ1v) is 21.0. The van der Waals surface area contributed by atoms with Crippen molar-refractivity contribution in [3.63, 3.8) is 0 Å². The Bertz CT molecular complexity index is 3400. The summed E-state index contributed by atoms with van der Waals surface area (Å²) in [7, 11) is 0. The van der Waals surface area contributed by atoms with Crippen LogP contribution in [0.15, 0.2) is 170 Å². The van der Waals surface area contributed by atoms with Gasteiger partial charge in [-0.25, -0.2) is 4.90 Å². The highest BCUT2D eigenvalue weighted by Gasteiger charge is 2.42. The van der Waals surface area contributed by atoms with E-state index >= 15 is 4.79 Å². The highest BCUT2D eigenvalue weighted by atomic mass is 19.4. The monoisotopic (exact) mass is 964 g/mol. The molecule has 0 atom stereocenters. The van der Waals surface area contributed by atoms with Crippen molar-refractivity contribution in [2.45, 2.75) is 24.7 Å². The molecule has 0 radical (unpaired) electrons. The summed E-state index contributed by atoms with van der Waals surface area (Å²) >= 11 is 0. The molecule has 1 aliphatic heterocycles. The van der Waals surface area contributed by atoms with Crippen molar-refractivity contribution in [3.8, 4) is 50.2 Å². The predicted octanol–water partition coefficient (Wildman–Crippen LogP) is 16.3. The average Bonchev–Trinajstić information content (AvgIpc) is 3.79. The number of rotatable bonds is 6. The number of alkyl halides is 12. The summed E-state index contributed by atoms with van der Waals surface area (Å²) in [5.41, 5.74) is -5.67. The fraction of sp³-hybridized carbons (Fsp3) is 0.0741. The Morgan fingerprint density at radius 2 is 0.800 bits per heavy atom. The summed E-state index contributed by atoms with van der Waals surface area (Å²) in [4.78, 5) is 30.6. The van der Waals surface area contributed by atoms with Crippen molar-refractivity contribution >= 4 is 39.3 Å². The standard InChI is InChI=1S/C54H28F12N2O2/c55-51(56,57)35-16-20-38(43(27-35)53(61,62)63)31-14-18-40-41-19-15-32(39-21-17-36(52(58,59)60)28-44(39)54(64,65)66)26-47(41)68(46(40)25-31)45-13-7-12-42-48(45)50(70)67(49(42)69)37-23-33(29-8-3-1-4-9-29)22-34(24-37)30-10-5-2-6-11-30/h1-28H. The molecule has 0 spiro atoms. The van der Waals surface area contributed by atoms with Crippen LogP contribution in [0.5, 0.6) is 0 Å². The zero-order chi connectivity index (χ0) is 49.7. The van der Waals surface area contributed by atoms with Crippen molar-refractivity contribution in [3.05, 3.63) is 203 Å². The van der Waals surface area contributed by atoms with Gasteiger partial charge in [0.05, 0.1) is 55.8 Å². The Morgan fingerprint density at radius 1 is 0.343 bits per heavy atom. The first-order valence-electron chi connectivity index (χ1n) is 21.0. The van der Waals surface area contributed by atoms with E-state index in [1.165, 1.54) is 59.2 Å². The Hall–Kier alpha value is -8.14. The molecule has 350 valence electrons. The van der Waals surface area contributed by atoms with E-state index in [1.54, 1.807) is 12.1 Å². The molecule has 4 nitrogen and oxygen atoms in total. The second-order valence-electron chi connectivity index (χ2n) is 16.5. The quantitative estimate of drug-likeness (QED) is 0.123. The van der Waals surface area contributed by atoms with E-state index in [9.17, 15) is 57.5 Å². The molecule has 10 rings (SSSR count). The Morgan fingerprint density at radius 3 is 1.23 bits per heavy atom. The minimum absolute atomic E-state index is 0.00525. The molecule has 0 aliphatic carbocycles. The van der Waals surface area contributed by atoms with Gasteiger partial charge in [-0.15, -0.1) is 0 Å². The number of imide groups is 1. The molecule has 1 aliphatic rings. The SMILES string of the molecule is O=C1c2cccc(-n3c4cc(-c5ccc(C(F)(F)F)cc5C(F)(F)F)ccc4c4ccc(-c5ccc(C(F)(F)F)cc5C(F)(F)F)cc43)c2C(=O)N1c1cc(-c2ccccc2)cc(-c2ccccc2)c1. The number of amides is 2. The minimum Gasteiger partial charge on any atom is -0.308 e. The first kappa shape index (κ1) is 45.6. The Kier molecular flexibility index (Phi) is 10.6. The van der Waals surface area contributed by atoms with Crippen LogP contribution in [0, 0.1) is 0 Å². The van der Waals surface area contributed by atoms with Gasteiger partial charge in [-0.05, 0) is 111 Å². The van der Waals surface area contributed by atoms with Gasteiger partial charge in [-0.1, -0.05) is 103 Å². The summed E-state index contributed by atoms with van der Waals surface area (Å²) in [6.45, 7) is 0. The maximum Gasteiger partial charge on any atom is 0.417 e. The number of halogens is 12. The van der Waals surface area contributed by atoms with Gasteiger partial charge in [0.25, 0.3) is 11.8 Å². The zero-order valence-electron chi connectivity index (χ0n) is 35.4. The molecular formula is C54H28F12N2O2. The van der Waals surface area contributed by atoms with Gasteiger partial charge in [0, 0.05) is 10.8 Å². The molecule has 2 amide bonds. The van der Waals surface area contributed by atoms with E-state index in [1.807, 2.05) is 66.7 Å². The van der Waals surface area contributed by atoms with Crippen molar-refractivity contribution in [2.24, 2.45) is 0 Å². The van der Waals surface area contributed by atoms with Crippen LogP contribution in [-0.4, -0.2) is 16.4 Å². The van der Waals surface area contributed by atoms with Crippen molar-refractivity contribution in [1.82, 2.24) is 4.57 Å². The summed E-state index contributed by atoms with van der Waals surface area (Å²) < 4.78 is 171. The molecular weight excluding hydrogens is 937 g/mol. The number of nitrogens with zero attached hydrogens (tertiary/aromatic N) is 2. The number of hydrogen-bond donors (Lipinski definition) is 0.